The van der Waals surface area contributed by atoms with E-state index in [1.807, 2.05) is 30.3 Å². The lowest BCUT2D eigenvalue weighted by molar-refractivity contribution is 1.10. The molecule has 0 unspecified atom stereocenters. The van der Waals surface area contributed by atoms with Crippen molar-refractivity contribution < 1.29 is 0 Å². The quantitative estimate of drug-likeness (QED) is 0.203. The van der Waals surface area contributed by atoms with E-state index in [4.69, 9.17) is 4.98 Å². The first-order valence-electron chi connectivity index (χ1n) is 16.2. The number of nitrogens with zero attached hydrogens (tertiary/aromatic N) is 3. The molecule has 226 valence electrons. The summed E-state index contributed by atoms with van der Waals surface area (Å²) in [4.78, 5) is 4.91. The molecule has 2 aromatic heterocycles. The number of fused-ring (bicyclic) bond motifs is 3. The van der Waals surface area contributed by atoms with Crippen LogP contribution in [0.15, 0.2) is 176 Å². The van der Waals surface area contributed by atoms with Crippen molar-refractivity contribution in [1.82, 2.24) is 19.7 Å². The number of aromatic nitrogens is 4. The molecule has 0 saturated carbocycles. The van der Waals surface area contributed by atoms with Crippen LogP contribution in [0.5, 0.6) is 0 Å². The van der Waals surface area contributed by atoms with Gasteiger partial charge >= 0.3 is 0 Å². The summed E-state index contributed by atoms with van der Waals surface area (Å²) in [7, 11) is 0. The molecular weight excluding hydrogens is 585 g/mol. The summed E-state index contributed by atoms with van der Waals surface area (Å²) < 4.78 is 2.39. The van der Waals surface area contributed by atoms with Gasteiger partial charge in [0.15, 0.2) is 11.6 Å². The van der Waals surface area contributed by atoms with Crippen molar-refractivity contribution in [2.24, 2.45) is 0 Å². The first-order chi connectivity index (χ1) is 23.8. The third kappa shape index (κ3) is 4.88. The molecule has 0 aliphatic rings. The number of aromatic amines is 1. The molecule has 0 radical (unpaired) electrons. The van der Waals surface area contributed by atoms with Crippen molar-refractivity contribution >= 4 is 21.8 Å². The molecule has 0 aliphatic heterocycles. The molecule has 9 aromatic rings. The minimum atomic E-state index is 0.679. The third-order valence-electron chi connectivity index (χ3n) is 9.09. The van der Waals surface area contributed by atoms with E-state index in [0.717, 1.165) is 44.8 Å². The highest BCUT2D eigenvalue weighted by Gasteiger charge is 2.18. The van der Waals surface area contributed by atoms with E-state index in [0.29, 0.717) is 5.82 Å². The predicted octanol–water partition coefficient (Wildman–Crippen LogP) is 11.2. The Kier molecular flexibility index (Phi) is 6.76. The number of hydrogen-bond acceptors (Lipinski definition) is 2. The van der Waals surface area contributed by atoms with Gasteiger partial charge in [0.1, 0.15) is 0 Å². The van der Waals surface area contributed by atoms with E-state index in [-0.39, 0.29) is 0 Å². The first-order valence-corrected chi connectivity index (χ1v) is 16.2. The number of rotatable bonds is 6. The molecule has 4 nitrogen and oxygen atoms in total. The van der Waals surface area contributed by atoms with Gasteiger partial charge in [-0.05, 0) is 58.1 Å². The molecule has 7 aromatic carbocycles. The number of hydrogen-bond donors (Lipinski definition) is 1. The van der Waals surface area contributed by atoms with Gasteiger partial charge in [-0.2, -0.15) is 5.10 Å². The second-order valence-corrected chi connectivity index (χ2v) is 12.0. The first kappa shape index (κ1) is 27.8. The third-order valence-corrected chi connectivity index (χ3v) is 9.09. The molecule has 0 saturated heterocycles. The van der Waals surface area contributed by atoms with Gasteiger partial charge in [0.2, 0.25) is 0 Å². The fourth-order valence-corrected chi connectivity index (χ4v) is 6.77. The van der Waals surface area contributed by atoms with Crippen molar-refractivity contribution in [2.45, 2.75) is 0 Å². The highest BCUT2D eigenvalue weighted by atomic mass is 15.2. The van der Waals surface area contributed by atoms with Crippen molar-refractivity contribution in [3.8, 4) is 61.8 Å². The van der Waals surface area contributed by atoms with Crippen LogP contribution in [0.4, 0.5) is 0 Å². The summed E-state index contributed by atoms with van der Waals surface area (Å²) in [5.41, 5.74) is 12.4. The largest absolute Gasteiger partial charge is 0.309 e. The molecular formula is C44H30N4. The number of nitrogens with one attached hydrogen (secondary N) is 1. The average molecular weight is 615 g/mol. The Hall–Kier alpha value is -6.52. The summed E-state index contributed by atoms with van der Waals surface area (Å²) in [6.07, 6.45) is 0. The fraction of sp³-hybridized carbons (Fsp3) is 0. The van der Waals surface area contributed by atoms with Gasteiger partial charge in [0, 0.05) is 27.5 Å². The number of H-pyrrole nitrogens is 1. The fourth-order valence-electron chi connectivity index (χ4n) is 6.77. The van der Waals surface area contributed by atoms with Crippen LogP contribution >= 0.6 is 0 Å². The maximum Gasteiger partial charge on any atom is 0.181 e. The van der Waals surface area contributed by atoms with Crippen LogP contribution in [0.1, 0.15) is 0 Å². The minimum absolute atomic E-state index is 0.679. The molecule has 48 heavy (non-hydrogen) atoms. The Morgan fingerprint density at radius 1 is 0.396 bits per heavy atom. The molecule has 1 N–H and O–H groups in total. The molecule has 0 fully saturated rings. The van der Waals surface area contributed by atoms with E-state index in [1.165, 1.54) is 33.0 Å². The van der Waals surface area contributed by atoms with Gasteiger partial charge < -0.3 is 4.57 Å². The Balaban J connectivity index is 1.23. The Labute approximate surface area is 278 Å². The van der Waals surface area contributed by atoms with E-state index in [1.54, 1.807) is 0 Å². The Morgan fingerprint density at radius 3 is 1.58 bits per heavy atom. The van der Waals surface area contributed by atoms with Crippen LogP contribution in [0, 0.1) is 0 Å². The molecule has 0 atom stereocenters. The zero-order valence-electron chi connectivity index (χ0n) is 26.1. The summed E-state index contributed by atoms with van der Waals surface area (Å²) >= 11 is 0. The van der Waals surface area contributed by atoms with Gasteiger partial charge in [0.25, 0.3) is 0 Å². The van der Waals surface area contributed by atoms with Gasteiger partial charge in [0.05, 0.1) is 16.7 Å². The molecule has 0 aliphatic carbocycles. The SMILES string of the molecule is c1ccc(-c2cccc(-c3cccc(-c4ccc(-c5nc(-c6ccccc6)n[nH]5)cc4-n4c5ccccc5c5ccccc54)c3)c2)cc1. The lowest BCUT2D eigenvalue weighted by Gasteiger charge is -2.16. The molecule has 2 heterocycles. The van der Waals surface area contributed by atoms with Crippen LogP contribution in [0.2, 0.25) is 0 Å². The normalized spacial score (nSPS) is 11.3. The predicted molar refractivity (Wildman–Crippen MR) is 198 cm³/mol. The van der Waals surface area contributed by atoms with Crippen LogP contribution < -0.4 is 0 Å². The monoisotopic (exact) mass is 614 g/mol. The maximum absolute atomic E-state index is 4.91. The van der Waals surface area contributed by atoms with Crippen molar-refractivity contribution in [2.75, 3.05) is 0 Å². The summed E-state index contributed by atoms with van der Waals surface area (Å²) in [5.74, 6) is 1.41. The number of para-hydroxylation sites is 2. The van der Waals surface area contributed by atoms with Crippen LogP contribution in [0.25, 0.3) is 83.6 Å². The molecule has 0 bridgehead atoms. The van der Waals surface area contributed by atoms with Gasteiger partial charge in [-0.3, -0.25) is 5.10 Å². The molecule has 4 heteroatoms. The van der Waals surface area contributed by atoms with E-state index >= 15 is 0 Å². The zero-order valence-corrected chi connectivity index (χ0v) is 26.1. The topological polar surface area (TPSA) is 46.5 Å². The summed E-state index contributed by atoms with van der Waals surface area (Å²) in [6, 6.07) is 62.2. The van der Waals surface area contributed by atoms with Gasteiger partial charge in [-0.25, -0.2) is 4.98 Å². The van der Waals surface area contributed by atoms with Gasteiger partial charge in [-0.15, -0.1) is 0 Å². The average Bonchev–Trinajstić information content (AvgIpc) is 3.80. The summed E-state index contributed by atoms with van der Waals surface area (Å²) in [5, 5.41) is 10.2. The minimum Gasteiger partial charge on any atom is -0.309 e. The van der Waals surface area contributed by atoms with Crippen molar-refractivity contribution in [3.05, 3.63) is 176 Å². The number of benzene rings is 7. The van der Waals surface area contributed by atoms with E-state index in [2.05, 4.69) is 160 Å². The van der Waals surface area contributed by atoms with E-state index in [9.17, 15) is 0 Å². The van der Waals surface area contributed by atoms with Crippen LogP contribution in [-0.4, -0.2) is 19.7 Å². The smallest absolute Gasteiger partial charge is 0.181 e. The zero-order chi connectivity index (χ0) is 31.9. The van der Waals surface area contributed by atoms with Crippen LogP contribution in [0.3, 0.4) is 0 Å². The van der Waals surface area contributed by atoms with Gasteiger partial charge in [-0.1, -0.05) is 146 Å². The second kappa shape index (κ2) is 11.7. The lowest BCUT2D eigenvalue weighted by atomic mass is 9.95. The standard InChI is InChI=1S/C44H30N4/c1-3-13-30(14-4-1)32-17-11-18-33(27-32)34-19-12-20-35(28-34)37-26-25-36(44-45-43(46-47-44)31-15-5-2-6-16-31)29-42(37)48-40-23-9-7-21-38(40)39-22-8-10-24-41(39)48/h1-29H,(H,45,46,47). The highest BCUT2D eigenvalue weighted by molar-refractivity contribution is 6.09. The van der Waals surface area contributed by atoms with Crippen molar-refractivity contribution in [3.63, 3.8) is 0 Å². The Morgan fingerprint density at radius 2 is 0.917 bits per heavy atom. The van der Waals surface area contributed by atoms with E-state index < -0.39 is 0 Å². The summed E-state index contributed by atoms with van der Waals surface area (Å²) in [6.45, 7) is 0. The second-order valence-electron chi connectivity index (χ2n) is 12.0. The maximum atomic E-state index is 4.91. The van der Waals surface area contributed by atoms with Crippen LogP contribution in [-0.2, 0) is 0 Å². The van der Waals surface area contributed by atoms with Crippen molar-refractivity contribution in [1.29, 1.82) is 0 Å². The Bertz CT molecular complexity index is 2510. The molecule has 9 rings (SSSR count). The lowest BCUT2D eigenvalue weighted by Crippen LogP contribution is -1.98. The molecule has 0 spiro atoms. The highest BCUT2D eigenvalue weighted by Crippen LogP contribution is 2.39. The molecule has 0 amide bonds.